The molecule has 1 aliphatic carbocycles. The molecule has 0 amide bonds. The molecule has 0 heterocycles. The summed E-state index contributed by atoms with van der Waals surface area (Å²) in [5.41, 5.74) is 9.39. The molecule has 0 aliphatic heterocycles. The van der Waals surface area contributed by atoms with Gasteiger partial charge in [-0.1, -0.05) is 24.3 Å². The predicted molar refractivity (Wildman–Crippen MR) is 80.4 cm³/mol. The van der Waals surface area contributed by atoms with Gasteiger partial charge in [-0.15, -0.1) is 0 Å². The Hall–Kier alpha value is -0.860. The van der Waals surface area contributed by atoms with Gasteiger partial charge in [-0.25, -0.2) is 0 Å². The standard InChI is InChI=1S/C17H27NO/c1-13(19-2)10-11-16(18)12-15-8-5-7-14-6-3-4-9-17(14)15/h3-4,6,9,13,15-16H,5,7-8,10-12,18H2,1-2H3. The first kappa shape index (κ1) is 14.5. The van der Waals surface area contributed by atoms with Crippen molar-refractivity contribution in [3.63, 3.8) is 0 Å². The van der Waals surface area contributed by atoms with E-state index >= 15 is 0 Å². The number of rotatable bonds is 6. The minimum Gasteiger partial charge on any atom is -0.382 e. The van der Waals surface area contributed by atoms with Gasteiger partial charge in [0.2, 0.25) is 0 Å². The summed E-state index contributed by atoms with van der Waals surface area (Å²) in [7, 11) is 1.77. The van der Waals surface area contributed by atoms with Gasteiger partial charge in [0.25, 0.3) is 0 Å². The summed E-state index contributed by atoms with van der Waals surface area (Å²) in [6.07, 6.45) is 7.41. The highest BCUT2D eigenvalue weighted by molar-refractivity contribution is 5.32. The van der Waals surface area contributed by atoms with Crippen LogP contribution in [0.15, 0.2) is 24.3 Å². The zero-order valence-corrected chi connectivity index (χ0v) is 12.3. The maximum absolute atomic E-state index is 6.31. The summed E-state index contributed by atoms with van der Waals surface area (Å²) >= 11 is 0. The summed E-state index contributed by atoms with van der Waals surface area (Å²) < 4.78 is 5.29. The van der Waals surface area contributed by atoms with Crippen molar-refractivity contribution < 1.29 is 4.74 Å². The Morgan fingerprint density at radius 1 is 1.32 bits per heavy atom. The van der Waals surface area contributed by atoms with Gasteiger partial charge in [0, 0.05) is 13.2 Å². The fourth-order valence-electron chi connectivity index (χ4n) is 3.15. The van der Waals surface area contributed by atoms with E-state index in [1.54, 1.807) is 12.7 Å². The molecule has 2 heteroatoms. The molecule has 1 aromatic rings. The van der Waals surface area contributed by atoms with Gasteiger partial charge in [0.1, 0.15) is 0 Å². The Kier molecular flexibility index (Phi) is 5.41. The van der Waals surface area contributed by atoms with Crippen LogP contribution in [-0.4, -0.2) is 19.3 Å². The maximum atomic E-state index is 6.31. The number of nitrogens with two attached hydrogens (primary N) is 1. The molecular weight excluding hydrogens is 234 g/mol. The summed E-state index contributed by atoms with van der Waals surface area (Å²) in [6.45, 7) is 2.11. The fraction of sp³-hybridized carbons (Fsp3) is 0.647. The van der Waals surface area contributed by atoms with Crippen LogP contribution in [0.5, 0.6) is 0 Å². The Labute approximate surface area is 117 Å². The number of fused-ring (bicyclic) bond motifs is 1. The van der Waals surface area contributed by atoms with Gasteiger partial charge in [0.05, 0.1) is 6.10 Å². The lowest BCUT2D eigenvalue weighted by molar-refractivity contribution is 0.106. The number of methoxy groups -OCH3 is 1. The molecule has 0 saturated carbocycles. The number of hydrogen-bond donors (Lipinski definition) is 1. The molecule has 0 bridgehead atoms. The van der Waals surface area contributed by atoms with E-state index in [2.05, 4.69) is 31.2 Å². The number of benzene rings is 1. The van der Waals surface area contributed by atoms with Crippen molar-refractivity contribution in [3.05, 3.63) is 35.4 Å². The van der Waals surface area contributed by atoms with E-state index in [0.29, 0.717) is 18.1 Å². The summed E-state index contributed by atoms with van der Waals surface area (Å²) in [5, 5.41) is 0. The normalized spacial score (nSPS) is 21.7. The molecule has 0 spiro atoms. The molecule has 1 aromatic carbocycles. The van der Waals surface area contributed by atoms with Crippen LogP contribution in [0.3, 0.4) is 0 Å². The molecular formula is C17H27NO. The zero-order chi connectivity index (χ0) is 13.7. The van der Waals surface area contributed by atoms with Gasteiger partial charge < -0.3 is 10.5 Å². The van der Waals surface area contributed by atoms with Gasteiger partial charge in [0.15, 0.2) is 0 Å². The second kappa shape index (κ2) is 7.06. The summed E-state index contributed by atoms with van der Waals surface area (Å²) in [5.74, 6) is 0.665. The number of hydrogen-bond acceptors (Lipinski definition) is 2. The van der Waals surface area contributed by atoms with Crippen LogP contribution in [0.1, 0.15) is 56.1 Å². The van der Waals surface area contributed by atoms with Crippen LogP contribution in [0.4, 0.5) is 0 Å². The van der Waals surface area contributed by atoms with Gasteiger partial charge >= 0.3 is 0 Å². The Balaban J connectivity index is 1.89. The highest BCUT2D eigenvalue weighted by Gasteiger charge is 2.21. The molecule has 19 heavy (non-hydrogen) atoms. The summed E-state index contributed by atoms with van der Waals surface area (Å²) in [6, 6.07) is 9.19. The predicted octanol–water partition coefficient (Wildman–Crippen LogP) is 3.64. The van der Waals surface area contributed by atoms with Crippen LogP contribution < -0.4 is 5.73 Å². The van der Waals surface area contributed by atoms with Crippen molar-refractivity contribution in [2.24, 2.45) is 5.73 Å². The smallest absolute Gasteiger partial charge is 0.0543 e. The van der Waals surface area contributed by atoms with Crippen LogP contribution in [0.25, 0.3) is 0 Å². The molecule has 3 atom stereocenters. The minimum absolute atomic E-state index is 0.300. The highest BCUT2D eigenvalue weighted by atomic mass is 16.5. The molecule has 0 saturated heterocycles. The average Bonchev–Trinajstić information content (AvgIpc) is 2.45. The lowest BCUT2D eigenvalue weighted by Crippen LogP contribution is -2.26. The third-order valence-corrected chi connectivity index (χ3v) is 4.43. The SMILES string of the molecule is COC(C)CCC(N)CC1CCCc2ccccc21. The second-order valence-corrected chi connectivity index (χ2v) is 5.91. The quantitative estimate of drug-likeness (QED) is 0.848. The molecule has 0 fully saturated rings. The molecule has 2 N–H and O–H groups in total. The molecule has 3 unspecified atom stereocenters. The molecule has 2 nitrogen and oxygen atoms in total. The average molecular weight is 261 g/mol. The number of aryl methyl sites for hydroxylation is 1. The van der Waals surface area contributed by atoms with Crippen molar-refractivity contribution in [3.8, 4) is 0 Å². The van der Waals surface area contributed by atoms with Gasteiger partial charge in [-0.2, -0.15) is 0 Å². The van der Waals surface area contributed by atoms with Crippen molar-refractivity contribution in [2.45, 2.75) is 63.5 Å². The lowest BCUT2D eigenvalue weighted by atomic mass is 9.79. The first-order valence-electron chi connectivity index (χ1n) is 7.57. The first-order valence-corrected chi connectivity index (χ1v) is 7.57. The van der Waals surface area contributed by atoms with Crippen LogP contribution in [0.2, 0.25) is 0 Å². The Bertz CT molecular complexity index is 391. The lowest BCUT2D eigenvalue weighted by Gasteiger charge is -2.28. The maximum Gasteiger partial charge on any atom is 0.0543 e. The molecule has 106 valence electrons. The topological polar surface area (TPSA) is 35.2 Å². The minimum atomic E-state index is 0.300. The zero-order valence-electron chi connectivity index (χ0n) is 12.3. The van der Waals surface area contributed by atoms with E-state index in [4.69, 9.17) is 10.5 Å². The van der Waals surface area contributed by atoms with Crippen molar-refractivity contribution in [1.29, 1.82) is 0 Å². The summed E-state index contributed by atoms with van der Waals surface area (Å²) in [4.78, 5) is 0. The van der Waals surface area contributed by atoms with E-state index in [1.807, 2.05) is 0 Å². The van der Waals surface area contributed by atoms with E-state index in [0.717, 1.165) is 19.3 Å². The van der Waals surface area contributed by atoms with E-state index in [-0.39, 0.29) is 0 Å². The van der Waals surface area contributed by atoms with Crippen molar-refractivity contribution in [1.82, 2.24) is 0 Å². The largest absolute Gasteiger partial charge is 0.382 e. The van der Waals surface area contributed by atoms with Crippen LogP contribution in [0, 0.1) is 0 Å². The Morgan fingerprint density at radius 2 is 2.11 bits per heavy atom. The van der Waals surface area contributed by atoms with Gasteiger partial charge in [-0.05, 0) is 62.5 Å². The molecule has 1 aliphatic rings. The molecule has 0 radical (unpaired) electrons. The number of ether oxygens (including phenoxy) is 1. The van der Waals surface area contributed by atoms with E-state index < -0.39 is 0 Å². The first-order chi connectivity index (χ1) is 9.20. The van der Waals surface area contributed by atoms with Crippen molar-refractivity contribution >= 4 is 0 Å². The van der Waals surface area contributed by atoms with Crippen LogP contribution >= 0.6 is 0 Å². The fourth-order valence-corrected chi connectivity index (χ4v) is 3.15. The van der Waals surface area contributed by atoms with Crippen molar-refractivity contribution in [2.75, 3.05) is 7.11 Å². The monoisotopic (exact) mass is 261 g/mol. The Morgan fingerprint density at radius 3 is 2.89 bits per heavy atom. The molecule has 2 rings (SSSR count). The van der Waals surface area contributed by atoms with Crippen LogP contribution in [-0.2, 0) is 11.2 Å². The second-order valence-electron chi connectivity index (χ2n) is 5.91. The molecule has 0 aromatic heterocycles. The third-order valence-electron chi connectivity index (χ3n) is 4.43. The third kappa shape index (κ3) is 4.05. The van der Waals surface area contributed by atoms with Gasteiger partial charge in [-0.3, -0.25) is 0 Å². The van der Waals surface area contributed by atoms with E-state index in [9.17, 15) is 0 Å². The highest BCUT2D eigenvalue weighted by Crippen LogP contribution is 2.34. The van der Waals surface area contributed by atoms with E-state index in [1.165, 1.54) is 24.8 Å².